The first-order chi connectivity index (χ1) is 13.3. The Hall–Kier alpha value is -2.84. The predicted octanol–water partition coefficient (Wildman–Crippen LogP) is 2.56. The maximum absolute atomic E-state index is 11.4. The van der Waals surface area contributed by atoms with Crippen LogP contribution in [0.4, 0.5) is 0 Å². The van der Waals surface area contributed by atoms with Crippen LogP contribution in [-0.4, -0.2) is 63.8 Å². The van der Waals surface area contributed by atoms with E-state index < -0.39 is 12.0 Å². The van der Waals surface area contributed by atoms with E-state index in [0.29, 0.717) is 28.9 Å². The van der Waals surface area contributed by atoms with Gasteiger partial charge in [0, 0.05) is 11.0 Å². The monoisotopic (exact) mass is 393 g/mol. The molecule has 0 bridgehead atoms. The van der Waals surface area contributed by atoms with Crippen molar-refractivity contribution in [2.75, 3.05) is 35.0 Å². The van der Waals surface area contributed by atoms with E-state index >= 15 is 0 Å². The lowest BCUT2D eigenvalue weighted by Crippen LogP contribution is -2.41. The molecule has 2 rings (SSSR count). The lowest BCUT2D eigenvalue weighted by Gasteiger charge is -2.30. The van der Waals surface area contributed by atoms with Crippen molar-refractivity contribution in [2.45, 2.75) is 31.8 Å². The van der Waals surface area contributed by atoms with Gasteiger partial charge >= 0.3 is 0 Å². The second kappa shape index (κ2) is 9.38. The predicted molar refractivity (Wildman–Crippen MR) is 105 cm³/mol. The Bertz CT molecular complexity index is 740. The smallest absolute Gasteiger partial charge is 0.213 e. The molecule has 0 saturated carbocycles. The van der Waals surface area contributed by atoms with E-state index in [1.165, 1.54) is 28.4 Å². The number of aliphatic imine (C=N–C) groups is 2. The Balaban J connectivity index is 2.57. The Morgan fingerprint density at radius 3 is 1.86 bits per heavy atom. The number of hydrogen-bond donors (Lipinski definition) is 0. The van der Waals surface area contributed by atoms with Gasteiger partial charge in [0.2, 0.25) is 18.3 Å². The number of methoxy groups -OCH3 is 4. The molecular formula is C19H27N3O6. The molecule has 0 saturated heterocycles. The van der Waals surface area contributed by atoms with E-state index in [2.05, 4.69) is 9.98 Å². The number of benzene rings is 1. The number of ether oxygens (including phenoxy) is 4. The third-order valence-corrected chi connectivity index (χ3v) is 4.62. The highest BCUT2D eigenvalue weighted by Crippen LogP contribution is 2.33. The third-order valence-electron chi connectivity index (χ3n) is 4.62. The van der Waals surface area contributed by atoms with Crippen LogP contribution in [0.2, 0.25) is 0 Å². The van der Waals surface area contributed by atoms with E-state index in [-0.39, 0.29) is 23.4 Å². The molecule has 0 radical (unpaired) electrons. The van der Waals surface area contributed by atoms with Crippen LogP contribution in [0.15, 0.2) is 28.2 Å². The van der Waals surface area contributed by atoms with Crippen molar-refractivity contribution in [3.8, 4) is 11.5 Å². The van der Waals surface area contributed by atoms with Crippen molar-refractivity contribution in [2.24, 2.45) is 15.9 Å². The average Bonchev–Trinajstić information content (AvgIpc) is 2.70. The molecule has 154 valence electrons. The zero-order valence-electron chi connectivity index (χ0n) is 17.0. The minimum atomic E-state index is -0.697. The van der Waals surface area contributed by atoms with E-state index in [1.54, 1.807) is 18.2 Å². The van der Waals surface area contributed by atoms with Crippen molar-refractivity contribution in [1.29, 1.82) is 0 Å². The first kappa shape index (κ1) is 21.5. The molecule has 0 spiro atoms. The molecule has 28 heavy (non-hydrogen) atoms. The number of hydrogen-bond acceptors (Lipinski definition) is 8. The summed E-state index contributed by atoms with van der Waals surface area (Å²) in [5.41, 5.74) is 0.643. The van der Waals surface area contributed by atoms with Crippen LogP contribution in [0.3, 0.4) is 0 Å². The summed E-state index contributed by atoms with van der Waals surface area (Å²) >= 11 is 0. The summed E-state index contributed by atoms with van der Waals surface area (Å²) in [7, 11) is 6.07. The fraction of sp³-hybridized carbons (Fsp3) is 0.579. The second-order valence-electron chi connectivity index (χ2n) is 6.74. The van der Waals surface area contributed by atoms with Crippen molar-refractivity contribution in [3.63, 3.8) is 0 Å². The quantitative estimate of drug-likeness (QED) is 0.521. The molecule has 0 aromatic heterocycles. The summed E-state index contributed by atoms with van der Waals surface area (Å²) in [6.07, 6.45) is 0. The molecule has 9 heteroatoms. The second-order valence-corrected chi connectivity index (χ2v) is 6.74. The Morgan fingerprint density at radius 2 is 1.43 bits per heavy atom. The minimum absolute atomic E-state index is 0.135. The van der Waals surface area contributed by atoms with Gasteiger partial charge in [-0.25, -0.2) is 9.98 Å². The molecule has 1 aromatic rings. The highest BCUT2D eigenvalue weighted by atomic mass is 16.6. The molecule has 1 aromatic carbocycles. The van der Waals surface area contributed by atoms with Crippen LogP contribution in [0, 0.1) is 16.0 Å². The lowest BCUT2D eigenvalue weighted by atomic mass is 9.89. The topological polar surface area (TPSA) is 105 Å². The summed E-state index contributed by atoms with van der Waals surface area (Å²) in [5, 5.41) is 11.4. The van der Waals surface area contributed by atoms with E-state index in [0.717, 1.165) is 0 Å². The molecule has 0 unspecified atom stereocenters. The van der Waals surface area contributed by atoms with Gasteiger partial charge in [-0.15, -0.1) is 0 Å². The van der Waals surface area contributed by atoms with Gasteiger partial charge in [0.1, 0.15) is 23.6 Å². The summed E-state index contributed by atoms with van der Waals surface area (Å²) in [5.74, 6) is 1.33. The molecule has 0 aliphatic carbocycles. The highest BCUT2D eigenvalue weighted by molar-refractivity contribution is 5.94. The first-order valence-electron chi connectivity index (χ1n) is 8.92. The summed E-state index contributed by atoms with van der Waals surface area (Å²) in [6.45, 7) is 3.63. The Morgan fingerprint density at radius 1 is 0.929 bits per heavy atom. The highest BCUT2D eigenvalue weighted by Gasteiger charge is 2.39. The Kier molecular flexibility index (Phi) is 7.19. The van der Waals surface area contributed by atoms with Crippen LogP contribution < -0.4 is 9.47 Å². The normalized spacial score (nSPS) is 20.1. The summed E-state index contributed by atoms with van der Waals surface area (Å²) in [6, 6.07) is 4.18. The summed E-state index contributed by atoms with van der Waals surface area (Å²) < 4.78 is 21.5. The molecule has 1 aliphatic heterocycles. The van der Waals surface area contributed by atoms with Crippen LogP contribution in [0.25, 0.3) is 0 Å². The minimum Gasteiger partial charge on any atom is -0.497 e. The number of nitrogens with zero attached hydrogens (tertiary/aromatic N) is 3. The van der Waals surface area contributed by atoms with Crippen LogP contribution >= 0.6 is 0 Å². The SMILES string of the molecule is COC1=N[C@H]([C@@H](C[N+](=O)[O-])c2cc(OC)cc(OC)c2)C(OC)=N[C@H]1C(C)C. The standard InChI is InChI=1S/C19H27N3O6/c1-11(2)16-18(27-5)21-17(19(20-16)28-6)15(10-22(23)24)12-7-13(25-3)9-14(8-12)26-4/h7-9,11,15-17H,10H2,1-6H3/t15-,16-,17+/m0/s1. The van der Waals surface area contributed by atoms with Gasteiger partial charge < -0.3 is 18.9 Å². The Labute approximate surface area is 164 Å². The molecule has 0 fully saturated rings. The zero-order chi connectivity index (χ0) is 20.8. The van der Waals surface area contributed by atoms with Crippen LogP contribution in [0.5, 0.6) is 11.5 Å². The number of rotatable bonds is 7. The first-order valence-corrected chi connectivity index (χ1v) is 8.92. The maximum atomic E-state index is 11.4. The molecule has 0 amide bonds. The molecular weight excluding hydrogens is 366 g/mol. The van der Waals surface area contributed by atoms with Crippen molar-refractivity contribution in [1.82, 2.24) is 0 Å². The molecule has 9 nitrogen and oxygen atoms in total. The van der Waals surface area contributed by atoms with Crippen molar-refractivity contribution >= 4 is 11.8 Å². The number of nitro groups is 1. The lowest BCUT2D eigenvalue weighted by molar-refractivity contribution is -0.483. The van der Waals surface area contributed by atoms with Gasteiger partial charge in [0.25, 0.3) is 0 Å². The van der Waals surface area contributed by atoms with Gasteiger partial charge in [-0.05, 0) is 23.6 Å². The van der Waals surface area contributed by atoms with Crippen LogP contribution in [-0.2, 0) is 9.47 Å². The maximum Gasteiger partial charge on any atom is 0.213 e. The van der Waals surface area contributed by atoms with Crippen molar-refractivity contribution < 1.29 is 23.9 Å². The largest absolute Gasteiger partial charge is 0.497 e. The molecule has 0 N–H and O–H groups in total. The van der Waals surface area contributed by atoms with Gasteiger partial charge in [-0.3, -0.25) is 10.1 Å². The van der Waals surface area contributed by atoms with E-state index in [9.17, 15) is 10.1 Å². The summed E-state index contributed by atoms with van der Waals surface area (Å²) in [4.78, 5) is 20.3. The van der Waals surface area contributed by atoms with Gasteiger partial charge in [0.15, 0.2) is 0 Å². The zero-order valence-corrected chi connectivity index (χ0v) is 17.0. The third kappa shape index (κ3) is 4.71. The van der Waals surface area contributed by atoms with Gasteiger partial charge in [-0.1, -0.05) is 13.8 Å². The van der Waals surface area contributed by atoms with Crippen LogP contribution in [0.1, 0.15) is 25.3 Å². The van der Waals surface area contributed by atoms with Gasteiger partial charge in [-0.2, -0.15) is 0 Å². The fourth-order valence-corrected chi connectivity index (χ4v) is 3.17. The fourth-order valence-electron chi connectivity index (χ4n) is 3.17. The van der Waals surface area contributed by atoms with E-state index in [1.807, 2.05) is 13.8 Å². The molecule has 1 aliphatic rings. The van der Waals surface area contributed by atoms with Crippen molar-refractivity contribution in [3.05, 3.63) is 33.9 Å². The average molecular weight is 393 g/mol. The van der Waals surface area contributed by atoms with E-state index in [4.69, 9.17) is 18.9 Å². The molecule has 1 heterocycles. The van der Waals surface area contributed by atoms with Gasteiger partial charge in [0.05, 0.1) is 34.4 Å². The molecule has 3 atom stereocenters.